The van der Waals surface area contributed by atoms with Crippen molar-refractivity contribution in [2.24, 2.45) is 5.92 Å². The lowest BCUT2D eigenvalue weighted by Crippen LogP contribution is -2.39. The molecule has 3 amide bonds. The molecule has 7 nitrogen and oxygen atoms in total. The first-order chi connectivity index (χ1) is 19.0. The number of likely N-dealkylation sites (tertiary alicyclic amines) is 1. The van der Waals surface area contributed by atoms with E-state index in [2.05, 4.69) is 17.1 Å². The molecular formula is C32H42N4O3. The first-order valence-electron chi connectivity index (χ1n) is 14.9. The molecule has 1 atom stereocenters. The number of carbonyl (C=O) groups is 3. The van der Waals surface area contributed by atoms with E-state index in [1.54, 1.807) is 0 Å². The maximum Gasteiger partial charge on any atom is 0.256 e. The number of benzene rings is 2. The van der Waals surface area contributed by atoms with Crippen LogP contribution >= 0.6 is 0 Å². The molecule has 0 spiro atoms. The molecule has 0 bridgehead atoms. The van der Waals surface area contributed by atoms with E-state index < -0.39 is 0 Å². The molecule has 2 heterocycles. The van der Waals surface area contributed by atoms with Crippen LogP contribution in [0.25, 0.3) is 0 Å². The molecule has 2 aromatic carbocycles. The van der Waals surface area contributed by atoms with Gasteiger partial charge in [-0.05, 0) is 68.7 Å². The van der Waals surface area contributed by atoms with Crippen LogP contribution in [0.15, 0.2) is 48.5 Å². The number of piperidine rings is 1. The van der Waals surface area contributed by atoms with Gasteiger partial charge in [0.1, 0.15) is 0 Å². The van der Waals surface area contributed by atoms with Gasteiger partial charge in [0.15, 0.2) is 0 Å². The minimum Gasteiger partial charge on any atom is -0.369 e. The Labute approximate surface area is 232 Å². The minimum absolute atomic E-state index is 0.0387. The quantitative estimate of drug-likeness (QED) is 0.528. The summed E-state index contributed by atoms with van der Waals surface area (Å²) in [4.78, 5) is 46.2. The Balaban J connectivity index is 1.34. The third kappa shape index (κ3) is 6.29. The molecular weight excluding hydrogens is 488 g/mol. The van der Waals surface area contributed by atoms with Gasteiger partial charge >= 0.3 is 0 Å². The number of carbonyl (C=O) groups excluding carboxylic acids is 3. The molecule has 2 aliphatic heterocycles. The summed E-state index contributed by atoms with van der Waals surface area (Å²) in [6, 6.07) is 15.8. The Bertz CT molecular complexity index is 1160. The van der Waals surface area contributed by atoms with Crippen molar-refractivity contribution in [2.45, 2.75) is 64.2 Å². The number of hydrogen-bond acceptors (Lipinski definition) is 4. The summed E-state index contributed by atoms with van der Waals surface area (Å²) in [5.74, 6) is 0.231. The predicted octanol–water partition coefficient (Wildman–Crippen LogP) is 5.28. The van der Waals surface area contributed by atoms with Gasteiger partial charge in [0.05, 0.1) is 11.5 Å². The van der Waals surface area contributed by atoms with Crippen molar-refractivity contribution < 1.29 is 14.4 Å². The third-order valence-corrected chi connectivity index (χ3v) is 8.67. The van der Waals surface area contributed by atoms with Crippen LogP contribution < -0.4 is 10.2 Å². The molecule has 5 rings (SSSR count). The zero-order valence-corrected chi connectivity index (χ0v) is 23.2. The fourth-order valence-electron chi connectivity index (χ4n) is 6.08. The van der Waals surface area contributed by atoms with Gasteiger partial charge in [0, 0.05) is 56.6 Å². The zero-order valence-electron chi connectivity index (χ0n) is 23.2. The number of nitrogens with zero attached hydrogens (tertiary/aromatic N) is 3. The average Bonchev–Trinajstić information content (AvgIpc) is 3.19. The summed E-state index contributed by atoms with van der Waals surface area (Å²) < 4.78 is 0. The van der Waals surface area contributed by atoms with Gasteiger partial charge in [-0.15, -0.1) is 0 Å². The molecule has 0 aromatic heterocycles. The second-order valence-electron chi connectivity index (χ2n) is 11.2. The second-order valence-corrected chi connectivity index (χ2v) is 11.2. The van der Waals surface area contributed by atoms with Crippen molar-refractivity contribution in [1.29, 1.82) is 0 Å². The van der Waals surface area contributed by atoms with Crippen LogP contribution in [0.1, 0.15) is 80.1 Å². The summed E-state index contributed by atoms with van der Waals surface area (Å²) in [6.45, 7) is 6.41. The van der Waals surface area contributed by atoms with Gasteiger partial charge < -0.3 is 20.0 Å². The fraction of sp³-hybridized carbons (Fsp3) is 0.531. The molecule has 2 saturated heterocycles. The van der Waals surface area contributed by atoms with Crippen LogP contribution in [0.3, 0.4) is 0 Å². The van der Waals surface area contributed by atoms with Gasteiger partial charge in [-0.1, -0.05) is 43.7 Å². The first kappa shape index (κ1) is 27.2. The summed E-state index contributed by atoms with van der Waals surface area (Å²) in [5, 5.41) is 3.06. The first-order valence-corrected chi connectivity index (χ1v) is 14.9. The van der Waals surface area contributed by atoms with Gasteiger partial charge in [-0.2, -0.15) is 0 Å². The standard InChI is InChI=1S/C32H42N4O3/c1-2-27(24-11-5-3-6-12-24)31(38)36-20-10-19-34(21-22-36)29-16-15-26(33-30(37)25-13-9-14-25)23-28(29)32(39)35-17-7-4-8-18-35/h3,5-6,11-12,15-16,23,25,27H,2,4,7-10,13-14,17-22H2,1H3,(H,33,37)/t27-/m1/s1. The van der Waals surface area contributed by atoms with Crippen molar-refractivity contribution in [3.8, 4) is 0 Å². The maximum absolute atomic E-state index is 13.8. The van der Waals surface area contributed by atoms with E-state index in [9.17, 15) is 14.4 Å². The normalized spacial score (nSPS) is 19.2. The van der Waals surface area contributed by atoms with Gasteiger partial charge in [0.25, 0.3) is 5.91 Å². The summed E-state index contributed by atoms with van der Waals surface area (Å²) in [5.41, 5.74) is 3.31. The lowest BCUT2D eigenvalue weighted by atomic mass is 9.85. The van der Waals surface area contributed by atoms with Gasteiger partial charge in [-0.25, -0.2) is 0 Å². The Kier molecular flexibility index (Phi) is 8.84. The molecule has 1 saturated carbocycles. The molecule has 3 aliphatic rings. The highest BCUT2D eigenvalue weighted by Gasteiger charge is 2.30. The molecule has 1 N–H and O–H groups in total. The summed E-state index contributed by atoms with van der Waals surface area (Å²) in [7, 11) is 0. The van der Waals surface area contributed by atoms with E-state index in [4.69, 9.17) is 0 Å². The van der Waals surface area contributed by atoms with E-state index in [0.717, 1.165) is 82.3 Å². The molecule has 2 aromatic rings. The molecule has 1 aliphatic carbocycles. The van der Waals surface area contributed by atoms with Gasteiger partial charge in [0.2, 0.25) is 11.8 Å². The highest BCUT2D eigenvalue weighted by atomic mass is 16.2. The van der Waals surface area contributed by atoms with Crippen LogP contribution in [0.4, 0.5) is 11.4 Å². The Morgan fingerprint density at radius 1 is 0.821 bits per heavy atom. The van der Waals surface area contributed by atoms with Crippen molar-refractivity contribution in [1.82, 2.24) is 9.80 Å². The predicted molar refractivity (Wildman–Crippen MR) is 155 cm³/mol. The molecule has 3 fully saturated rings. The second kappa shape index (κ2) is 12.7. The Morgan fingerprint density at radius 3 is 2.26 bits per heavy atom. The van der Waals surface area contributed by atoms with Crippen molar-refractivity contribution in [3.05, 3.63) is 59.7 Å². The number of hydrogen-bond donors (Lipinski definition) is 1. The lowest BCUT2D eigenvalue weighted by Gasteiger charge is -2.31. The number of rotatable bonds is 7. The monoisotopic (exact) mass is 530 g/mol. The molecule has 7 heteroatoms. The largest absolute Gasteiger partial charge is 0.369 e. The van der Waals surface area contributed by atoms with Crippen molar-refractivity contribution >= 4 is 29.1 Å². The lowest BCUT2D eigenvalue weighted by molar-refractivity contribution is -0.132. The van der Waals surface area contributed by atoms with E-state index >= 15 is 0 Å². The van der Waals surface area contributed by atoms with E-state index in [-0.39, 0.29) is 29.6 Å². The fourth-order valence-corrected chi connectivity index (χ4v) is 6.08. The molecule has 208 valence electrons. The van der Waals surface area contributed by atoms with Gasteiger partial charge in [-0.3, -0.25) is 14.4 Å². The zero-order chi connectivity index (χ0) is 27.2. The number of amides is 3. The van der Waals surface area contributed by atoms with Crippen LogP contribution in [0, 0.1) is 5.92 Å². The smallest absolute Gasteiger partial charge is 0.256 e. The van der Waals surface area contributed by atoms with E-state index in [1.165, 1.54) is 0 Å². The van der Waals surface area contributed by atoms with Crippen LogP contribution in [0.2, 0.25) is 0 Å². The minimum atomic E-state index is -0.132. The van der Waals surface area contributed by atoms with Crippen molar-refractivity contribution in [2.75, 3.05) is 49.5 Å². The SMILES string of the molecule is CC[C@@H](C(=O)N1CCCN(c2ccc(NC(=O)C3CCC3)cc2C(=O)N2CCCCC2)CC1)c1ccccc1. The third-order valence-electron chi connectivity index (χ3n) is 8.67. The molecule has 39 heavy (non-hydrogen) atoms. The molecule has 0 unspecified atom stereocenters. The Morgan fingerprint density at radius 2 is 1.56 bits per heavy atom. The maximum atomic E-state index is 13.8. The number of nitrogens with one attached hydrogen (secondary N) is 1. The van der Waals surface area contributed by atoms with Crippen molar-refractivity contribution in [3.63, 3.8) is 0 Å². The Hall–Kier alpha value is -3.35. The topological polar surface area (TPSA) is 73.0 Å². The molecule has 0 radical (unpaired) electrons. The highest BCUT2D eigenvalue weighted by Crippen LogP contribution is 2.31. The average molecular weight is 531 g/mol. The van der Waals surface area contributed by atoms with E-state index in [0.29, 0.717) is 30.9 Å². The van der Waals surface area contributed by atoms with E-state index in [1.807, 2.05) is 58.3 Å². The number of anilines is 2. The summed E-state index contributed by atoms with van der Waals surface area (Å²) >= 11 is 0. The summed E-state index contributed by atoms with van der Waals surface area (Å²) in [6.07, 6.45) is 7.81. The van der Waals surface area contributed by atoms with Crippen LogP contribution in [-0.2, 0) is 9.59 Å². The van der Waals surface area contributed by atoms with Crippen LogP contribution in [0.5, 0.6) is 0 Å². The van der Waals surface area contributed by atoms with Crippen LogP contribution in [-0.4, -0.2) is 66.8 Å². The highest BCUT2D eigenvalue weighted by molar-refractivity contribution is 6.02.